The number of hydrogen-bond acceptors (Lipinski definition) is 5. The summed E-state index contributed by atoms with van der Waals surface area (Å²) in [6.07, 6.45) is 3.86. The molecule has 4 rings (SSSR count). The van der Waals surface area contributed by atoms with Crippen LogP contribution in [0, 0.1) is 6.92 Å². The molecule has 0 aliphatic heterocycles. The van der Waals surface area contributed by atoms with Crippen molar-refractivity contribution in [2.75, 3.05) is 18.2 Å². The van der Waals surface area contributed by atoms with Gasteiger partial charge in [0.05, 0.1) is 6.20 Å². The molecule has 0 bridgehead atoms. The summed E-state index contributed by atoms with van der Waals surface area (Å²) in [5.74, 6) is 0.741. The molecule has 0 N–H and O–H groups in total. The first-order valence-corrected chi connectivity index (χ1v) is 9.56. The zero-order valence-corrected chi connectivity index (χ0v) is 15.7. The Kier molecular flexibility index (Phi) is 4.34. The van der Waals surface area contributed by atoms with Crippen molar-refractivity contribution in [2.24, 2.45) is 0 Å². The van der Waals surface area contributed by atoms with Gasteiger partial charge in [-0.25, -0.2) is 4.98 Å². The second-order valence-corrected chi connectivity index (χ2v) is 6.79. The predicted octanol–water partition coefficient (Wildman–Crippen LogP) is 4.59. The molecule has 0 spiro atoms. The minimum atomic E-state index is 0.727. The molecule has 5 nitrogen and oxygen atoms in total. The van der Waals surface area contributed by atoms with Gasteiger partial charge in [-0.3, -0.25) is 0 Å². The number of aryl methyl sites for hydroxylation is 1. The van der Waals surface area contributed by atoms with Crippen molar-refractivity contribution in [3.8, 4) is 11.1 Å². The van der Waals surface area contributed by atoms with Gasteiger partial charge in [0.2, 0.25) is 5.95 Å². The number of aromatic nitrogens is 4. The Morgan fingerprint density at radius 3 is 2.38 bits per heavy atom. The van der Waals surface area contributed by atoms with Crippen molar-refractivity contribution in [3.63, 3.8) is 0 Å². The maximum Gasteiger partial charge on any atom is 0.235 e. The van der Waals surface area contributed by atoms with E-state index in [9.17, 15) is 0 Å². The average Bonchev–Trinajstić information content (AvgIpc) is 3.11. The van der Waals surface area contributed by atoms with Crippen LogP contribution in [0.1, 0.15) is 5.56 Å². The normalized spacial score (nSPS) is 11.0. The predicted molar refractivity (Wildman–Crippen MR) is 107 cm³/mol. The van der Waals surface area contributed by atoms with Crippen molar-refractivity contribution in [1.82, 2.24) is 19.6 Å². The average molecular weight is 361 g/mol. The van der Waals surface area contributed by atoms with E-state index in [2.05, 4.69) is 36.3 Å². The molecule has 0 unspecified atom stereocenters. The van der Waals surface area contributed by atoms with Crippen LogP contribution < -0.4 is 4.90 Å². The molecule has 0 atom stereocenters. The van der Waals surface area contributed by atoms with Crippen molar-refractivity contribution in [1.29, 1.82) is 0 Å². The Hall–Kier alpha value is -2.86. The van der Waals surface area contributed by atoms with Gasteiger partial charge in [-0.2, -0.15) is 14.6 Å². The lowest BCUT2D eigenvalue weighted by Gasteiger charge is -2.19. The number of benzene rings is 2. The Morgan fingerprint density at radius 2 is 1.65 bits per heavy atom. The van der Waals surface area contributed by atoms with Crippen molar-refractivity contribution in [2.45, 2.75) is 12.1 Å². The molecule has 0 aliphatic rings. The van der Waals surface area contributed by atoms with Crippen LogP contribution in [0.4, 0.5) is 11.6 Å². The molecule has 2 heterocycles. The van der Waals surface area contributed by atoms with Crippen LogP contribution in [-0.4, -0.2) is 32.9 Å². The third kappa shape index (κ3) is 2.82. The van der Waals surface area contributed by atoms with Gasteiger partial charge in [-0.05, 0) is 36.4 Å². The number of thioether (sulfide) groups is 1. The summed E-state index contributed by atoms with van der Waals surface area (Å²) < 4.78 is 1.81. The van der Waals surface area contributed by atoms with Crippen molar-refractivity contribution < 1.29 is 0 Å². The molecular formula is C20H19N5S. The highest BCUT2D eigenvalue weighted by Crippen LogP contribution is 2.30. The van der Waals surface area contributed by atoms with E-state index in [0.29, 0.717) is 0 Å². The maximum absolute atomic E-state index is 4.73. The van der Waals surface area contributed by atoms with E-state index in [1.807, 2.05) is 59.2 Å². The van der Waals surface area contributed by atoms with Gasteiger partial charge in [0.1, 0.15) is 0 Å². The summed E-state index contributed by atoms with van der Waals surface area (Å²) in [7, 11) is 2.00. The molecule has 2 aromatic heterocycles. The van der Waals surface area contributed by atoms with Crippen LogP contribution in [0.25, 0.3) is 16.8 Å². The lowest BCUT2D eigenvalue weighted by molar-refractivity contribution is 0.816. The van der Waals surface area contributed by atoms with Gasteiger partial charge in [-0.1, -0.05) is 54.2 Å². The van der Waals surface area contributed by atoms with Crippen molar-refractivity contribution >= 4 is 29.0 Å². The first-order chi connectivity index (χ1) is 12.7. The molecule has 0 amide bonds. The second-order valence-electron chi connectivity index (χ2n) is 6.01. The second kappa shape index (κ2) is 6.80. The number of hydrogen-bond donors (Lipinski definition) is 0. The Labute approximate surface area is 156 Å². The SMILES string of the molecule is CSc1nc(N(C)c2ccccc2)n2ncc(-c3ccccc3C)c2n1. The first kappa shape index (κ1) is 16.6. The van der Waals surface area contributed by atoms with E-state index in [0.717, 1.165) is 33.6 Å². The summed E-state index contributed by atoms with van der Waals surface area (Å²) in [5, 5.41) is 5.33. The van der Waals surface area contributed by atoms with Crippen molar-refractivity contribution in [3.05, 3.63) is 66.4 Å². The summed E-state index contributed by atoms with van der Waals surface area (Å²) in [6, 6.07) is 18.4. The number of fused-ring (bicyclic) bond motifs is 1. The van der Waals surface area contributed by atoms with Gasteiger partial charge in [0.15, 0.2) is 10.8 Å². The Bertz CT molecular complexity index is 1060. The molecular weight excluding hydrogens is 342 g/mol. The van der Waals surface area contributed by atoms with E-state index in [4.69, 9.17) is 9.97 Å². The summed E-state index contributed by atoms with van der Waals surface area (Å²) in [6.45, 7) is 2.10. The lowest BCUT2D eigenvalue weighted by Crippen LogP contribution is -2.17. The van der Waals surface area contributed by atoms with Crippen LogP contribution >= 0.6 is 11.8 Å². The minimum Gasteiger partial charge on any atom is -0.313 e. The standard InChI is InChI=1S/C20H19N5S/c1-14-9-7-8-12-16(14)17-13-21-25-18(17)22-19(26-3)23-20(25)24(2)15-10-5-4-6-11-15/h4-13H,1-3H3. The highest BCUT2D eigenvalue weighted by Gasteiger charge is 2.18. The molecule has 0 aliphatic carbocycles. The van der Waals surface area contributed by atoms with Crippen LogP contribution in [-0.2, 0) is 0 Å². The zero-order chi connectivity index (χ0) is 18.1. The fourth-order valence-corrected chi connectivity index (χ4v) is 3.34. The molecule has 0 radical (unpaired) electrons. The van der Waals surface area contributed by atoms with Gasteiger partial charge in [0.25, 0.3) is 0 Å². The van der Waals surface area contributed by atoms with Gasteiger partial charge in [-0.15, -0.1) is 0 Å². The molecule has 130 valence electrons. The van der Waals surface area contributed by atoms with E-state index in [1.54, 1.807) is 0 Å². The third-order valence-electron chi connectivity index (χ3n) is 4.39. The molecule has 0 saturated heterocycles. The van der Waals surface area contributed by atoms with Gasteiger partial charge >= 0.3 is 0 Å². The molecule has 4 aromatic rings. The summed E-state index contributed by atoms with van der Waals surface area (Å²) in [4.78, 5) is 11.5. The third-order valence-corrected chi connectivity index (χ3v) is 4.94. The van der Waals surface area contributed by atoms with E-state index in [1.165, 1.54) is 17.3 Å². The molecule has 0 saturated carbocycles. The Balaban J connectivity index is 1.94. The largest absolute Gasteiger partial charge is 0.313 e. The fourth-order valence-electron chi connectivity index (χ4n) is 2.98. The van der Waals surface area contributed by atoms with Gasteiger partial charge < -0.3 is 4.90 Å². The highest BCUT2D eigenvalue weighted by atomic mass is 32.2. The zero-order valence-electron chi connectivity index (χ0n) is 14.9. The molecule has 2 aromatic carbocycles. The number of para-hydroxylation sites is 1. The quantitative estimate of drug-likeness (QED) is 0.498. The molecule has 6 heteroatoms. The topological polar surface area (TPSA) is 46.3 Å². The highest BCUT2D eigenvalue weighted by molar-refractivity contribution is 7.98. The monoisotopic (exact) mass is 361 g/mol. The van der Waals surface area contributed by atoms with E-state index < -0.39 is 0 Å². The maximum atomic E-state index is 4.73. The summed E-state index contributed by atoms with van der Waals surface area (Å²) >= 11 is 1.53. The fraction of sp³-hybridized carbons (Fsp3) is 0.150. The van der Waals surface area contributed by atoms with Crippen LogP contribution in [0.3, 0.4) is 0 Å². The number of nitrogens with zero attached hydrogens (tertiary/aromatic N) is 5. The van der Waals surface area contributed by atoms with E-state index in [-0.39, 0.29) is 0 Å². The summed E-state index contributed by atoms with van der Waals surface area (Å²) in [5.41, 5.74) is 5.22. The molecule has 0 fully saturated rings. The van der Waals surface area contributed by atoms with Gasteiger partial charge in [0, 0.05) is 18.3 Å². The minimum absolute atomic E-state index is 0.727. The Morgan fingerprint density at radius 1 is 0.923 bits per heavy atom. The van der Waals surface area contributed by atoms with Crippen LogP contribution in [0.2, 0.25) is 0 Å². The van der Waals surface area contributed by atoms with Crippen LogP contribution in [0.15, 0.2) is 66.0 Å². The smallest absolute Gasteiger partial charge is 0.235 e. The van der Waals surface area contributed by atoms with E-state index >= 15 is 0 Å². The lowest BCUT2D eigenvalue weighted by atomic mass is 10.0. The number of rotatable bonds is 4. The molecule has 26 heavy (non-hydrogen) atoms. The van der Waals surface area contributed by atoms with Crippen LogP contribution in [0.5, 0.6) is 0 Å². The first-order valence-electron chi connectivity index (χ1n) is 8.33. The number of anilines is 2.